The summed E-state index contributed by atoms with van der Waals surface area (Å²) in [7, 11) is -4.23. The summed E-state index contributed by atoms with van der Waals surface area (Å²) in [5.74, 6) is -0.927. The molecule has 0 aliphatic rings. The minimum Gasteiger partial charge on any atom is -0.354 e. The summed E-state index contributed by atoms with van der Waals surface area (Å²) in [6.07, 6.45) is 0.906. The van der Waals surface area contributed by atoms with Crippen molar-refractivity contribution in [3.63, 3.8) is 0 Å². The fraction of sp³-hybridized carbons (Fsp3) is 0.235. The van der Waals surface area contributed by atoms with Crippen molar-refractivity contribution in [3.05, 3.63) is 129 Å². The lowest BCUT2D eigenvalue weighted by molar-refractivity contribution is -0.140. The predicted molar refractivity (Wildman–Crippen MR) is 181 cm³/mol. The molecule has 0 radical (unpaired) electrons. The van der Waals surface area contributed by atoms with Crippen LogP contribution >= 0.6 is 34.8 Å². The van der Waals surface area contributed by atoms with E-state index in [-0.39, 0.29) is 23.8 Å². The Kier molecular flexibility index (Phi) is 11.9. The predicted octanol–water partition coefficient (Wildman–Crippen LogP) is 7.32. The molecule has 1 unspecified atom stereocenters. The van der Waals surface area contributed by atoms with Crippen LogP contribution in [0.25, 0.3) is 0 Å². The van der Waals surface area contributed by atoms with Gasteiger partial charge in [0.15, 0.2) is 0 Å². The SMILES string of the molecule is CCCNC(=O)C(Cc1ccccc1)N(Cc1ccc(Cl)c(Cl)c1)C(=O)CN(c1ccc(C)cc1)S(=O)(=O)c1ccc(Cl)cc1. The Morgan fingerprint density at radius 3 is 2.11 bits per heavy atom. The Bertz CT molecular complexity index is 1720. The molecule has 0 bridgehead atoms. The van der Waals surface area contributed by atoms with Crippen molar-refractivity contribution >= 4 is 62.3 Å². The molecule has 4 aromatic rings. The van der Waals surface area contributed by atoms with Crippen molar-refractivity contribution in [1.82, 2.24) is 10.2 Å². The van der Waals surface area contributed by atoms with E-state index < -0.39 is 28.5 Å². The van der Waals surface area contributed by atoms with Gasteiger partial charge in [-0.2, -0.15) is 0 Å². The smallest absolute Gasteiger partial charge is 0.264 e. The molecule has 0 spiro atoms. The number of carbonyl (C=O) groups is 2. The molecule has 11 heteroatoms. The highest BCUT2D eigenvalue weighted by Gasteiger charge is 2.34. The number of anilines is 1. The second kappa shape index (κ2) is 15.6. The molecule has 236 valence electrons. The van der Waals surface area contributed by atoms with Crippen LogP contribution in [0.1, 0.15) is 30.0 Å². The summed E-state index contributed by atoms with van der Waals surface area (Å²) in [5, 5.41) is 3.94. The van der Waals surface area contributed by atoms with E-state index in [1.54, 1.807) is 42.5 Å². The van der Waals surface area contributed by atoms with Crippen LogP contribution < -0.4 is 9.62 Å². The van der Waals surface area contributed by atoms with E-state index in [9.17, 15) is 18.0 Å². The molecule has 7 nitrogen and oxygen atoms in total. The number of amides is 2. The first kappa shape index (κ1) is 34.3. The van der Waals surface area contributed by atoms with Gasteiger partial charge in [0.25, 0.3) is 10.0 Å². The minimum atomic E-state index is -4.23. The van der Waals surface area contributed by atoms with Crippen molar-refractivity contribution < 1.29 is 18.0 Å². The summed E-state index contributed by atoms with van der Waals surface area (Å²) < 4.78 is 29.2. The zero-order chi connectivity index (χ0) is 32.6. The lowest BCUT2D eigenvalue weighted by Gasteiger charge is -2.34. The summed E-state index contributed by atoms with van der Waals surface area (Å²) >= 11 is 18.5. The average Bonchev–Trinajstić information content (AvgIpc) is 3.03. The van der Waals surface area contributed by atoms with E-state index >= 15 is 0 Å². The van der Waals surface area contributed by atoms with Crippen LogP contribution in [0, 0.1) is 6.92 Å². The highest BCUT2D eigenvalue weighted by Crippen LogP contribution is 2.28. The van der Waals surface area contributed by atoms with Crippen molar-refractivity contribution in [2.24, 2.45) is 0 Å². The van der Waals surface area contributed by atoms with Gasteiger partial charge in [0.1, 0.15) is 12.6 Å². The summed E-state index contributed by atoms with van der Waals surface area (Å²) in [6, 6.07) is 26.0. The normalized spacial score (nSPS) is 11.9. The Labute approximate surface area is 279 Å². The number of rotatable bonds is 13. The highest BCUT2D eigenvalue weighted by molar-refractivity contribution is 7.92. The molecule has 1 N–H and O–H groups in total. The van der Waals surface area contributed by atoms with Gasteiger partial charge in [-0.25, -0.2) is 8.42 Å². The van der Waals surface area contributed by atoms with Gasteiger partial charge >= 0.3 is 0 Å². The third kappa shape index (κ3) is 9.01. The summed E-state index contributed by atoms with van der Waals surface area (Å²) in [5.41, 5.74) is 2.69. The number of sulfonamides is 1. The molecule has 0 saturated carbocycles. The van der Waals surface area contributed by atoms with Crippen LogP contribution in [0.4, 0.5) is 5.69 Å². The maximum absolute atomic E-state index is 14.5. The van der Waals surface area contributed by atoms with Gasteiger partial charge in [0, 0.05) is 24.5 Å². The number of hydrogen-bond donors (Lipinski definition) is 1. The third-order valence-electron chi connectivity index (χ3n) is 7.16. The molecule has 0 saturated heterocycles. The highest BCUT2D eigenvalue weighted by atomic mass is 35.5. The molecule has 0 aliphatic heterocycles. The largest absolute Gasteiger partial charge is 0.354 e. The fourth-order valence-corrected chi connectivity index (χ4v) is 6.59. The second-order valence-electron chi connectivity index (χ2n) is 10.6. The number of nitrogens with zero attached hydrogens (tertiary/aromatic N) is 2. The molecule has 45 heavy (non-hydrogen) atoms. The van der Waals surface area contributed by atoms with Crippen LogP contribution in [-0.2, 0) is 32.6 Å². The lowest BCUT2D eigenvalue weighted by Crippen LogP contribution is -2.53. The summed E-state index contributed by atoms with van der Waals surface area (Å²) in [6.45, 7) is 3.65. The molecule has 2 amide bonds. The first-order valence-corrected chi connectivity index (χ1v) is 17.0. The van der Waals surface area contributed by atoms with Crippen LogP contribution in [0.15, 0.2) is 102 Å². The molecule has 1 atom stereocenters. The van der Waals surface area contributed by atoms with Crippen molar-refractivity contribution in [2.45, 2.75) is 44.2 Å². The number of benzene rings is 4. The molecule has 0 aliphatic carbocycles. The average molecular weight is 687 g/mol. The van der Waals surface area contributed by atoms with Gasteiger partial charge in [0.2, 0.25) is 11.8 Å². The molecule has 0 fully saturated rings. The van der Waals surface area contributed by atoms with Gasteiger partial charge in [0.05, 0.1) is 20.6 Å². The van der Waals surface area contributed by atoms with Gasteiger partial charge in [-0.1, -0.05) is 95.8 Å². The Balaban J connectivity index is 1.80. The quantitative estimate of drug-likeness (QED) is 0.160. The maximum atomic E-state index is 14.5. The Morgan fingerprint density at radius 2 is 1.49 bits per heavy atom. The topological polar surface area (TPSA) is 86.8 Å². The van der Waals surface area contributed by atoms with E-state index in [0.717, 1.165) is 15.4 Å². The van der Waals surface area contributed by atoms with E-state index in [1.165, 1.54) is 29.2 Å². The zero-order valence-electron chi connectivity index (χ0n) is 24.9. The number of carbonyl (C=O) groups excluding carboxylic acids is 2. The molecular formula is C34H34Cl3N3O4S. The number of hydrogen-bond acceptors (Lipinski definition) is 4. The fourth-order valence-electron chi connectivity index (χ4n) is 4.73. The number of halogens is 3. The monoisotopic (exact) mass is 685 g/mol. The van der Waals surface area contributed by atoms with Gasteiger partial charge < -0.3 is 10.2 Å². The van der Waals surface area contributed by atoms with Gasteiger partial charge in [-0.3, -0.25) is 13.9 Å². The van der Waals surface area contributed by atoms with Crippen molar-refractivity contribution in [2.75, 3.05) is 17.4 Å². The zero-order valence-corrected chi connectivity index (χ0v) is 28.0. The van der Waals surface area contributed by atoms with Crippen molar-refractivity contribution in [3.8, 4) is 0 Å². The van der Waals surface area contributed by atoms with Crippen LogP contribution in [0.2, 0.25) is 15.1 Å². The van der Waals surface area contributed by atoms with Gasteiger partial charge in [-0.15, -0.1) is 0 Å². The van der Waals surface area contributed by atoms with Crippen LogP contribution in [0.5, 0.6) is 0 Å². The molecule has 0 aromatic heterocycles. The van der Waals surface area contributed by atoms with Crippen molar-refractivity contribution in [1.29, 1.82) is 0 Å². The molecule has 4 rings (SSSR count). The molecular weight excluding hydrogens is 653 g/mol. The molecule has 4 aromatic carbocycles. The second-order valence-corrected chi connectivity index (χ2v) is 13.7. The lowest BCUT2D eigenvalue weighted by atomic mass is 10.0. The minimum absolute atomic E-state index is 0.0184. The first-order chi connectivity index (χ1) is 21.5. The standard InChI is InChI=1S/C34H34Cl3N3O4S/c1-3-19-38-34(42)32(21-25-7-5-4-6-8-25)39(22-26-11-18-30(36)31(37)20-26)33(41)23-40(28-14-9-24(2)10-15-28)45(43,44)29-16-12-27(35)13-17-29/h4-18,20,32H,3,19,21-23H2,1-2H3,(H,38,42). The third-order valence-corrected chi connectivity index (χ3v) is 9.94. The number of aryl methyl sites for hydroxylation is 1. The number of nitrogens with one attached hydrogen (secondary N) is 1. The maximum Gasteiger partial charge on any atom is 0.264 e. The molecule has 0 heterocycles. The van der Waals surface area contributed by atoms with Crippen LogP contribution in [-0.4, -0.2) is 44.3 Å². The van der Waals surface area contributed by atoms with E-state index in [4.69, 9.17) is 34.8 Å². The first-order valence-electron chi connectivity index (χ1n) is 14.4. The van der Waals surface area contributed by atoms with E-state index in [2.05, 4.69) is 5.32 Å². The van der Waals surface area contributed by atoms with E-state index in [0.29, 0.717) is 39.3 Å². The van der Waals surface area contributed by atoms with E-state index in [1.807, 2.05) is 44.2 Å². The Morgan fingerprint density at radius 1 is 0.822 bits per heavy atom. The van der Waals surface area contributed by atoms with Gasteiger partial charge in [-0.05, 0) is 73.0 Å². The Hall–Kier alpha value is -3.56. The van der Waals surface area contributed by atoms with Crippen LogP contribution in [0.3, 0.4) is 0 Å². The summed E-state index contributed by atoms with van der Waals surface area (Å²) in [4.78, 5) is 29.5.